The van der Waals surface area contributed by atoms with Crippen LogP contribution in [-0.4, -0.2) is 44.5 Å². The van der Waals surface area contributed by atoms with Crippen LogP contribution in [-0.2, 0) is 14.8 Å². The summed E-state index contributed by atoms with van der Waals surface area (Å²) < 4.78 is 24.1. The van der Waals surface area contributed by atoms with E-state index >= 15 is 0 Å². The first-order chi connectivity index (χ1) is 8.95. The molecule has 19 heavy (non-hydrogen) atoms. The molecule has 0 bridgehead atoms. The van der Waals surface area contributed by atoms with Gasteiger partial charge in [-0.1, -0.05) is 11.6 Å². The van der Waals surface area contributed by atoms with Gasteiger partial charge >= 0.3 is 0 Å². The molecule has 0 aromatic carbocycles. The first-order valence-corrected chi connectivity index (χ1v) is 8.45. The number of nitrogens with one attached hydrogen (secondary N) is 1. The molecule has 0 unspecified atom stereocenters. The molecule has 1 aliphatic carbocycles. The van der Waals surface area contributed by atoms with Crippen molar-refractivity contribution < 1.29 is 13.2 Å². The summed E-state index contributed by atoms with van der Waals surface area (Å²) >= 11 is 0. The quantitative estimate of drug-likeness (QED) is 0.718. The van der Waals surface area contributed by atoms with Gasteiger partial charge in [-0.05, 0) is 39.0 Å². The standard InChI is InChI=1S/C13H24N2O3S/c1-3-19(17,18)15(2)11-13(16)14-10-9-12-7-5-4-6-8-12/h7H,3-6,8-11H2,1-2H3,(H,14,16). The minimum absolute atomic E-state index is 0.0175. The van der Waals surface area contributed by atoms with E-state index in [0.29, 0.717) is 6.54 Å². The van der Waals surface area contributed by atoms with Gasteiger partial charge in [-0.25, -0.2) is 8.42 Å². The molecule has 0 aromatic heterocycles. The van der Waals surface area contributed by atoms with Crippen molar-refractivity contribution in [2.24, 2.45) is 0 Å². The van der Waals surface area contributed by atoms with Gasteiger partial charge < -0.3 is 5.32 Å². The lowest BCUT2D eigenvalue weighted by Crippen LogP contribution is -2.39. The van der Waals surface area contributed by atoms with Gasteiger partial charge in [0.05, 0.1) is 12.3 Å². The van der Waals surface area contributed by atoms with E-state index in [1.807, 2.05) is 0 Å². The molecule has 0 aliphatic heterocycles. The molecule has 1 amide bonds. The lowest BCUT2D eigenvalue weighted by molar-refractivity contribution is -0.121. The molecule has 5 nitrogen and oxygen atoms in total. The maximum atomic E-state index is 11.6. The van der Waals surface area contributed by atoms with Crippen molar-refractivity contribution in [3.63, 3.8) is 0 Å². The summed E-state index contributed by atoms with van der Waals surface area (Å²) in [5, 5.41) is 2.77. The van der Waals surface area contributed by atoms with E-state index in [9.17, 15) is 13.2 Å². The highest BCUT2D eigenvalue weighted by Crippen LogP contribution is 2.19. The van der Waals surface area contributed by atoms with Gasteiger partial charge in [0.15, 0.2) is 0 Å². The molecule has 110 valence electrons. The van der Waals surface area contributed by atoms with E-state index < -0.39 is 10.0 Å². The molecule has 6 heteroatoms. The Balaban J connectivity index is 2.26. The van der Waals surface area contributed by atoms with Crippen LogP contribution in [0.3, 0.4) is 0 Å². The highest BCUT2D eigenvalue weighted by atomic mass is 32.2. The van der Waals surface area contributed by atoms with Crippen molar-refractivity contribution in [2.75, 3.05) is 25.9 Å². The largest absolute Gasteiger partial charge is 0.355 e. The van der Waals surface area contributed by atoms with Crippen LogP contribution in [0.2, 0.25) is 0 Å². The third-order valence-electron chi connectivity index (χ3n) is 3.36. The molecular formula is C13H24N2O3S. The number of rotatable bonds is 7. The van der Waals surface area contributed by atoms with Gasteiger partial charge in [0, 0.05) is 13.6 Å². The SMILES string of the molecule is CCS(=O)(=O)N(C)CC(=O)NCCC1=CCCCC1. The van der Waals surface area contributed by atoms with Crippen LogP contribution in [0, 0.1) is 0 Å². The molecule has 0 spiro atoms. The van der Waals surface area contributed by atoms with Crippen LogP contribution < -0.4 is 5.32 Å². The van der Waals surface area contributed by atoms with Crippen molar-refractivity contribution >= 4 is 15.9 Å². The number of carbonyl (C=O) groups is 1. The number of sulfonamides is 1. The number of hydrogen-bond acceptors (Lipinski definition) is 3. The number of nitrogens with zero attached hydrogens (tertiary/aromatic N) is 1. The summed E-state index contributed by atoms with van der Waals surface area (Å²) in [6.45, 7) is 2.05. The predicted octanol–water partition coefficient (Wildman–Crippen LogP) is 1.27. The van der Waals surface area contributed by atoms with Crippen LogP contribution in [0.25, 0.3) is 0 Å². The van der Waals surface area contributed by atoms with Crippen LogP contribution in [0.5, 0.6) is 0 Å². The third-order valence-corrected chi connectivity index (χ3v) is 5.17. The number of allylic oxidation sites excluding steroid dienone is 1. The Morgan fingerprint density at radius 3 is 2.74 bits per heavy atom. The Morgan fingerprint density at radius 2 is 2.16 bits per heavy atom. The molecular weight excluding hydrogens is 264 g/mol. The zero-order valence-electron chi connectivity index (χ0n) is 11.8. The lowest BCUT2D eigenvalue weighted by Gasteiger charge is -2.16. The average Bonchev–Trinajstić information content (AvgIpc) is 2.39. The van der Waals surface area contributed by atoms with E-state index in [2.05, 4.69) is 11.4 Å². The molecule has 0 saturated carbocycles. The maximum Gasteiger partial charge on any atom is 0.235 e. The van der Waals surface area contributed by atoms with Gasteiger partial charge in [-0.2, -0.15) is 4.31 Å². The van der Waals surface area contributed by atoms with Gasteiger partial charge in [-0.15, -0.1) is 0 Å². The number of amides is 1. The number of hydrogen-bond donors (Lipinski definition) is 1. The number of likely N-dealkylation sites (N-methyl/N-ethyl adjacent to an activating group) is 1. The fraction of sp³-hybridized carbons (Fsp3) is 0.769. The zero-order chi connectivity index (χ0) is 14.3. The second-order valence-electron chi connectivity index (χ2n) is 4.86. The Morgan fingerprint density at radius 1 is 1.42 bits per heavy atom. The molecule has 1 N–H and O–H groups in total. The second kappa shape index (κ2) is 7.65. The minimum atomic E-state index is -3.28. The first-order valence-electron chi connectivity index (χ1n) is 6.84. The van der Waals surface area contributed by atoms with Crippen molar-refractivity contribution in [2.45, 2.75) is 39.0 Å². The van der Waals surface area contributed by atoms with E-state index in [4.69, 9.17) is 0 Å². The van der Waals surface area contributed by atoms with Crippen LogP contribution in [0.1, 0.15) is 39.0 Å². The summed E-state index contributed by atoms with van der Waals surface area (Å²) in [5.41, 5.74) is 1.40. The molecule has 0 saturated heterocycles. The van der Waals surface area contributed by atoms with Crippen molar-refractivity contribution in [1.82, 2.24) is 9.62 Å². The highest BCUT2D eigenvalue weighted by molar-refractivity contribution is 7.89. The van der Waals surface area contributed by atoms with Crippen LogP contribution in [0.4, 0.5) is 0 Å². The normalized spacial score (nSPS) is 16.3. The Kier molecular flexibility index (Phi) is 6.51. The van der Waals surface area contributed by atoms with Crippen molar-refractivity contribution in [3.8, 4) is 0 Å². The van der Waals surface area contributed by atoms with Gasteiger partial charge in [-0.3, -0.25) is 4.79 Å². The predicted molar refractivity (Wildman–Crippen MR) is 76.3 cm³/mol. The Hall–Kier alpha value is -0.880. The van der Waals surface area contributed by atoms with Gasteiger partial charge in [0.2, 0.25) is 15.9 Å². The van der Waals surface area contributed by atoms with Crippen LogP contribution in [0.15, 0.2) is 11.6 Å². The fourth-order valence-corrected chi connectivity index (χ4v) is 2.83. The smallest absolute Gasteiger partial charge is 0.235 e. The maximum absolute atomic E-state index is 11.6. The number of carbonyl (C=O) groups excluding carboxylic acids is 1. The Labute approximate surface area is 116 Å². The van der Waals surface area contributed by atoms with E-state index in [-0.39, 0.29) is 18.2 Å². The van der Waals surface area contributed by atoms with E-state index in [1.165, 1.54) is 25.5 Å². The summed E-state index contributed by atoms with van der Waals surface area (Å²) in [4.78, 5) is 11.6. The fourth-order valence-electron chi connectivity index (χ4n) is 2.07. The second-order valence-corrected chi connectivity index (χ2v) is 7.23. The summed E-state index contributed by atoms with van der Waals surface area (Å²) in [5.74, 6) is -0.222. The third kappa shape index (κ3) is 5.74. The molecule has 0 aromatic rings. The van der Waals surface area contributed by atoms with E-state index in [0.717, 1.165) is 23.6 Å². The molecule has 0 radical (unpaired) electrons. The average molecular weight is 288 g/mol. The highest BCUT2D eigenvalue weighted by Gasteiger charge is 2.17. The topological polar surface area (TPSA) is 66.5 Å². The molecule has 0 fully saturated rings. The van der Waals surface area contributed by atoms with Gasteiger partial charge in [0.1, 0.15) is 0 Å². The molecule has 1 rings (SSSR count). The monoisotopic (exact) mass is 288 g/mol. The van der Waals surface area contributed by atoms with Crippen LogP contribution >= 0.6 is 0 Å². The van der Waals surface area contributed by atoms with Crippen molar-refractivity contribution in [1.29, 1.82) is 0 Å². The molecule has 0 atom stereocenters. The first kappa shape index (κ1) is 16.2. The molecule has 1 aliphatic rings. The van der Waals surface area contributed by atoms with Gasteiger partial charge in [0.25, 0.3) is 0 Å². The van der Waals surface area contributed by atoms with E-state index in [1.54, 1.807) is 6.92 Å². The zero-order valence-corrected chi connectivity index (χ0v) is 12.6. The summed E-state index contributed by atoms with van der Waals surface area (Å²) in [7, 11) is -1.85. The lowest BCUT2D eigenvalue weighted by atomic mass is 9.97. The summed E-state index contributed by atoms with van der Waals surface area (Å²) in [6.07, 6.45) is 7.88. The summed E-state index contributed by atoms with van der Waals surface area (Å²) in [6, 6.07) is 0. The molecule has 0 heterocycles. The minimum Gasteiger partial charge on any atom is -0.355 e. The Bertz CT molecular complexity index is 429. The van der Waals surface area contributed by atoms with Crippen molar-refractivity contribution in [3.05, 3.63) is 11.6 Å².